The molecule has 27 heavy (non-hydrogen) atoms. The van der Waals surface area contributed by atoms with Crippen LogP contribution in [0.3, 0.4) is 0 Å². The summed E-state index contributed by atoms with van der Waals surface area (Å²) in [4.78, 5) is 28.4. The molecule has 0 saturated carbocycles. The highest BCUT2D eigenvalue weighted by atomic mass is 16.5. The number of hydrogen-bond donors (Lipinski definition) is 1. The standard InChI is InChI=1S/C19H24N4O4/c1-26-15-6-5-13(12-16(15)27-2)7-10-23-18(24)14-4-3-9-21-17(14)22(11-8-20)19(23)25/h5-6,12,14,17,21H,3-4,7,9-11H2,1-2H3. The second kappa shape index (κ2) is 8.27. The van der Waals surface area contributed by atoms with Gasteiger partial charge in [0.25, 0.3) is 0 Å². The molecular weight excluding hydrogens is 348 g/mol. The molecule has 3 amide bonds. The van der Waals surface area contributed by atoms with E-state index in [0.717, 1.165) is 24.9 Å². The summed E-state index contributed by atoms with van der Waals surface area (Å²) in [5.41, 5.74) is 0.934. The lowest BCUT2D eigenvalue weighted by Crippen LogP contribution is -2.67. The number of carbonyl (C=O) groups is 2. The van der Waals surface area contributed by atoms with Crippen LogP contribution in [0, 0.1) is 17.2 Å². The number of methoxy groups -OCH3 is 2. The Morgan fingerprint density at radius 1 is 1.26 bits per heavy atom. The van der Waals surface area contributed by atoms with E-state index in [1.54, 1.807) is 20.3 Å². The first-order valence-corrected chi connectivity index (χ1v) is 9.04. The minimum atomic E-state index is -0.405. The maximum atomic E-state index is 12.9. The van der Waals surface area contributed by atoms with Crippen molar-refractivity contribution in [3.8, 4) is 17.6 Å². The summed E-state index contributed by atoms with van der Waals surface area (Å²) in [7, 11) is 3.14. The maximum absolute atomic E-state index is 12.9. The fraction of sp³-hybridized carbons (Fsp3) is 0.526. The number of nitrogens with one attached hydrogen (secondary N) is 1. The van der Waals surface area contributed by atoms with E-state index in [9.17, 15) is 9.59 Å². The molecule has 0 spiro atoms. The van der Waals surface area contributed by atoms with E-state index in [1.165, 1.54) is 9.80 Å². The topological polar surface area (TPSA) is 94.9 Å². The molecule has 1 N–H and O–H groups in total. The minimum absolute atomic E-state index is 0.0346. The lowest BCUT2D eigenvalue weighted by Gasteiger charge is -2.46. The van der Waals surface area contributed by atoms with Gasteiger partial charge in [-0.25, -0.2) is 4.79 Å². The Bertz CT molecular complexity index is 761. The van der Waals surface area contributed by atoms with Crippen LogP contribution < -0.4 is 14.8 Å². The summed E-state index contributed by atoms with van der Waals surface area (Å²) in [6.07, 6.45) is 1.72. The van der Waals surface area contributed by atoms with E-state index in [1.807, 2.05) is 18.2 Å². The monoisotopic (exact) mass is 372 g/mol. The van der Waals surface area contributed by atoms with Crippen LogP contribution in [0.1, 0.15) is 18.4 Å². The van der Waals surface area contributed by atoms with Crippen LogP contribution >= 0.6 is 0 Å². The van der Waals surface area contributed by atoms with E-state index < -0.39 is 6.03 Å². The third kappa shape index (κ3) is 3.69. The van der Waals surface area contributed by atoms with Crippen LogP contribution in [0.2, 0.25) is 0 Å². The Labute approximate surface area is 158 Å². The number of urea groups is 1. The highest BCUT2D eigenvalue weighted by Gasteiger charge is 2.46. The second-order valence-electron chi connectivity index (χ2n) is 6.65. The fourth-order valence-electron chi connectivity index (χ4n) is 3.75. The molecule has 2 aliphatic heterocycles. The van der Waals surface area contributed by atoms with Crippen molar-refractivity contribution in [1.82, 2.24) is 15.1 Å². The molecule has 2 unspecified atom stereocenters. The molecule has 8 nitrogen and oxygen atoms in total. The Morgan fingerprint density at radius 3 is 2.74 bits per heavy atom. The summed E-state index contributed by atoms with van der Waals surface area (Å²) in [5, 5.41) is 12.3. The molecule has 2 fully saturated rings. The molecule has 8 heteroatoms. The van der Waals surface area contributed by atoms with Gasteiger partial charge < -0.3 is 9.47 Å². The molecule has 2 heterocycles. The number of nitrogens with zero attached hydrogens (tertiary/aromatic N) is 3. The van der Waals surface area contributed by atoms with Crippen molar-refractivity contribution in [3.63, 3.8) is 0 Å². The summed E-state index contributed by atoms with van der Waals surface area (Å²) in [6, 6.07) is 7.16. The Balaban J connectivity index is 1.76. The number of rotatable bonds is 6. The van der Waals surface area contributed by atoms with Crippen LogP contribution in [-0.4, -0.2) is 61.8 Å². The quantitative estimate of drug-likeness (QED) is 0.758. The van der Waals surface area contributed by atoms with Gasteiger partial charge in [0.2, 0.25) is 5.91 Å². The maximum Gasteiger partial charge on any atom is 0.328 e. The van der Waals surface area contributed by atoms with Gasteiger partial charge in [-0.15, -0.1) is 0 Å². The Kier molecular flexibility index (Phi) is 5.81. The van der Waals surface area contributed by atoms with Crippen LogP contribution in [-0.2, 0) is 11.2 Å². The van der Waals surface area contributed by atoms with Crippen LogP contribution in [0.4, 0.5) is 4.79 Å². The molecule has 2 atom stereocenters. The van der Waals surface area contributed by atoms with Gasteiger partial charge in [0.05, 0.1) is 32.4 Å². The van der Waals surface area contributed by atoms with E-state index in [2.05, 4.69) is 5.32 Å². The van der Waals surface area contributed by atoms with Crippen molar-refractivity contribution in [2.45, 2.75) is 25.4 Å². The molecule has 3 rings (SSSR count). The van der Waals surface area contributed by atoms with Crippen LogP contribution in [0.25, 0.3) is 0 Å². The average molecular weight is 372 g/mol. The lowest BCUT2D eigenvalue weighted by atomic mass is 9.91. The van der Waals surface area contributed by atoms with Crippen molar-refractivity contribution in [1.29, 1.82) is 5.26 Å². The number of nitriles is 1. The number of hydrogen-bond acceptors (Lipinski definition) is 6. The van der Waals surface area contributed by atoms with Crippen molar-refractivity contribution in [3.05, 3.63) is 23.8 Å². The van der Waals surface area contributed by atoms with E-state index >= 15 is 0 Å². The van der Waals surface area contributed by atoms with E-state index in [0.29, 0.717) is 17.9 Å². The van der Waals surface area contributed by atoms with Gasteiger partial charge in [-0.2, -0.15) is 5.26 Å². The first-order chi connectivity index (χ1) is 13.1. The number of amides is 3. The number of carbonyl (C=O) groups excluding carboxylic acids is 2. The Hall–Kier alpha value is -2.79. The third-order valence-electron chi connectivity index (χ3n) is 5.14. The predicted molar refractivity (Wildman–Crippen MR) is 97.2 cm³/mol. The third-order valence-corrected chi connectivity index (χ3v) is 5.14. The zero-order valence-corrected chi connectivity index (χ0v) is 15.6. The summed E-state index contributed by atoms with van der Waals surface area (Å²) >= 11 is 0. The largest absolute Gasteiger partial charge is 0.493 e. The van der Waals surface area contributed by atoms with Gasteiger partial charge in [0, 0.05) is 6.54 Å². The highest BCUT2D eigenvalue weighted by molar-refractivity contribution is 5.98. The molecule has 0 aromatic heterocycles. The van der Waals surface area contributed by atoms with Gasteiger partial charge in [0.15, 0.2) is 11.5 Å². The lowest BCUT2D eigenvalue weighted by molar-refractivity contribution is -0.140. The molecule has 1 aromatic carbocycles. The van der Waals surface area contributed by atoms with Crippen molar-refractivity contribution in [2.75, 3.05) is 33.9 Å². The van der Waals surface area contributed by atoms with Gasteiger partial charge in [-0.3, -0.25) is 19.9 Å². The first kappa shape index (κ1) is 19.0. The summed E-state index contributed by atoms with van der Waals surface area (Å²) in [6.45, 7) is 0.973. The number of piperidine rings is 1. The average Bonchev–Trinajstić information content (AvgIpc) is 2.70. The summed E-state index contributed by atoms with van der Waals surface area (Å²) in [5.74, 6) is 0.777. The second-order valence-corrected chi connectivity index (χ2v) is 6.65. The number of fused-ring (bicyclic) bond motifs is 1. The highest BCUT2D eigenvalue weighted by Crippen LogP contribution is 2.30. The Morgan fingerprint density at radius 2 is 2.04 bits per heavy atom. The molecule has 0 aliphatic carbocycles. The molecule has 2 aliphatic rings. The fourth-order valence-corrected chi connectivity index (χ4v) is 3.75. The SMILES string of the molecule is COc1ccc(CCN2C(=O)C3CCCNC3N(CC#N)C2=O)cc1OC. The minimum Gasteiger partial charge on any atom is -0.493 e. The molecular formula is C19H24N4O4. The zero-order valence-electron chi connectivity index (χ0n) is 15.6. The smallest absolute Gasteiger partial charge is 0.328 e. The van der Waals surface area contributed by atoms with Crippen LogP contribution in [0.5, 0.6) is 11.5 Å². The molecule has 2 saturated heterocycles. The van der Waals surface area contributed by atoms with Crippen LogP contribution in [0.15, 0.2) is 18.2 Å². The van der Waals surface area contributed by atoms with E-state index in [4.69, 9.17) is 14.7 Å². The molecule has 0 bridgehead atoms. The van der Waals surface area contributed by atoms with Gasteiger partial charge in [0.1, 0.15) is 6.54 Å². The number of imide groups is 1. The van der Waals surface area contributed by atoms with Crippen molar-refractivity contribution >= 4 is 11.9 Å². The van der Waals surface area contributed by atoms with Crippen molar-refractivity contribution in [2.24, 2.45) is 5.92 Å². The van der Waals surface area contributed by atoms with Gasteiger partial charge >= 0.3 is 6.03 Å². The van der Waals surface area contributed by atoms with Gasteiger partial charge in [-0.05, 0) is 43.5 Å². The molecule has 0 radical (unpaired) electrons. The molecule has 144 valence electrons. The van der Waals surface area contributed by atoms with Crippen molar-refractivity contribution < 1.29 is 19.1 Å². The first-order valence-electron chi connectivity index (χ1n) is 9.04. The molecule has 1 aromatic rings. The van der Waals surface area contributed by atoms with Gasteiger partial charge in [-0.1, -0.05) is 6.07 Å². The normalized spacial score (nSPS) is 22.3. The van der Waals surface area contributed by atoms with E-state index in [-0.39, 0.29) is 31.1 Å². The predicted octanol–water partition coefficient (Wildman–Crippen LogP) is 1.36. The number of ether oxygens (including phenoxy) is 2. The summed E-state index contributed by atoms with van der Waals surface area (Å²) < 4.78 is 10.5. The zero-order chi connectivity index (χ0) is 19.4. The number of benzene rings is 1.